The topological polar surface area (TPSA) is 172 Å². The third kappa shape index (κ3) is 10.8. The number of carbonyl (C=O) groups is 3. The van der Waals surface area contributed by atoms with Gasteiger partial charge >= 0.3 is 11.9 Å². The van der Waals surface area contributed by atoms with Gasteiger partial charge in [0.15, 0.2) is 0 Å². The maximum Gasteiger partial charge on any atom is 0.310 e. The molecule has 2 unspecified atom stereocenters. The SMILES string of the molecule is CCc1c(C)c2[nH]c1=Cc1[nH]c(c(C(=O)NCCOCCOCCOC)c1C)C(CC(=O)OC)=C1NC(=Cc3[nH]c(c(C=CCN(C)C)c3C)C=2)C(C)C1CCC(=O)OC. The van der Waals surface area contributed by atoms with Crippen molar-refractivity contribution in [2.75, 3.05) is 81.5 Å². The molecule has 5 N–H and O–H groups in total. The lowest BCUT2D eigenvalue weighted by Crippen LogP contribution is -2.29. The Morgan fingerprint density at radius 3 is 2.18 bits per heavy atom. The van der Waals surface area contributed by atoms with E-state index in [0.29, 0.717) is 55.2 Å². The lowest BCUT2D eigenvalue weighted by atomic mass is 9.85. The minimum atomic E-state index is -0.469. The van der Waals surface area contributed by atoms with E-state index < -0.39 is 5.97 Å². The minimum Gasteiger partial charge on any atom is -0.469 e. The summed E-state index contributed by atoms with van der Waals surface area (Å²) in [6, 6.07) is 0. The summed E-state index contributed by atoms with van der Waals surface area (Å²) in [6.07, 6.45) is 11.9. The van der Waals surface area contributed by atoms with E-state index in [-0.39, 0.29) is 49.7 Å². The molecule has 2 aliphatic heterocycles. The molecule has 1 fully saturated rings. The van der Waals surface area contributed by atoms with Gasteiger partial charge in [0.2, 0.25) is 0 Å². The van der Waals surface area contributed by atoms with Crippen molar-refractivity contribution in [1.82, 2.24) is 30.5 Å². The highest BCUT2D eigenvalue weighted by Crippen LogP contribution is 2.43. The van der Waals surface area contributed by atoms with Crippen molar-refractivity contribution in [1.29, 1.82) is 0 Å². The number of ether oxygens (including phenoxy) is 5. The number of hydrogen-bond acceptors (Lipinski definition) is 10. The monoisotopic (exact) mass is 828 g/mol. The average molecular weight is 829 g/mol. The molecule has 5 rings (SSSR count). The molecular weight excluding hydrogens is 765 g/mol. The molecule has 0 aromatic carbocycles. The van der Waals surface area contributed by atoms with Gasteiger partial charge in [-0.3, -0.25) is 14.4 Å². The molecule has 60 heavy (non-hydrogen) atoms. The summed E-state index contributed by atoms with van der Waals surface area (Å²) >= 11 is 0. The van der Waals surface area contributed by atoms with Gasteiger partial charge in [-0.05, 0) is 88.2 Å². The Morgan fingerprint density at radius 1 is 0.817 bits per heavy atom. The molecule has 326 valence electrons. The molecule has 1 saturated heterocycles. The third-order valence-electron chi connectivity index (χ3n) is 11.5. The van der Waals surface area contributed by atoms with Gasteiger partial charge in [-0.2, -0.15) is 0 Å². The van der Waals surface area contributed by atoms with Gasteiger partial charge in [-0.25, -0.2) is 0 Å². The van der Waals surface area contributed by atoms with Crippen LogP contribution in [0.1, 0.15) is 94.1 Å². The second-order valence-corrected chi connectivity index (χ2v) is 15.6. The molecule has 2 atom stereocenters. The van der Waals surface area contributed by atoms with Crippen LogP contribution in [0.5, 0.6) is 0 Å². The molecule has 14 heteroatoms. The summed E-state index contributed by atoms with van der Waals surface area (Å²) in [6.45, 7) is 13.5. The van der Waals surface area contributed by atoms with E-state index in [9.17, 15) is 14.4 Å². The van der Waals surface area contributed by atoms with E-state index >= 15 is 0 Å². The van der Waals surface area contributed by atoms with E-state index in [2.05, 4.69) is 82.5 Å². The first-order chi connectivity index (χ1) is 28.8. The first-order valence-corrected chi connectivity index (χ1v) is 20.8. The van der Waals surface area contributed by atoms with Crippen LogP contribution in [0.4, 0.5) is 0 Å². The van der Waals surface area contributed by atoms with Crippen LogP contribution >= 0.6 is 0 Å². The van der Waals surface area contributed by atoms with Gasteiger partial charge in [0.1, 0.15) is 0 Å². The molecule has 0 aliphatic carbocycles. The molecule has 2 aliphatic rings. The van der Waals surface area contributed by atoms with Crippen molar-refractivity contribution in [2.24, 2.45) is 11.8 Å². The Bertz CT molecular complexity index is 2240. The van der Waals surface area contributed by atoms with Gasteiger partial charge in [-0.15, -0.1) is 0 Å². The van der Waals surface area contributed by atoms with E-state index in [4.69, 9.17) is 23.7 Å². The quantitative estimate of drug-likeness (QED) is 0.0870. The number of esters is 2. The first kappa shape index (κ1) is 45.9. The summed E-state index contributed by atoms with van der Waals surface area (Å²) < 4.78 is 26.6. The second-order valence-electron chi connectivity index (χ2n) is 15.6. The fraction of sp³-hybridized carbons (Fsp3) is 0.500. The molecule has 3 aromatic rings. The molecule has 0 spiro atoms. The Kier molecular flexibility index (Phi) is 16.4. The van der Waals surface area contributed by atoms with Crippen molar-refractivity contribution < 1.29 is 38.1 Å². The number of amides is 1. The van der Waals surface area contributed by atoms with Crippen LogP contribution in [0.3, 0.4) is 0 Å². The largest absolute Gasteiger partial charge is 0.469 e. The van der Waals surface area contributed by atoms with Crippen LogP contribution in [-0.2, 0) is 39.7 Å². The molecule has 0 saturated carbocycles. The van der Waals surface area contributed by atoms with Crippen LogP contribution in [0.25, 0.3) is 29.9 Å². The molecule has 1 amide bonds. The fourth-order valence-electron chi connectivity index (χ4n) is 8.01. The van der Waals surface area contributed by atoms with Crippen LogP contribution in [0.2, 0.25) is 0 Å². The maximum atomic E-state index is 14.4. The van der Waals surface area contributed by atoms with Gasteiger partial charge in [0.25, 0.3) is 5.91 Å². The summed E-state index contributed by atoms with van der Waals surface area (Å²) in [5.74, 6) is -1.46. The summed E-state index contributed by atoms with van der Waals surface area (Å²) in [4.78, 5) is 53.6. The van der Waals surface area contributed by atoms with Crippen molar-refractivity contribution in [3.8, 4) is 0 Å². The maximum absolute atomic E-state index is 14.4. The summed E-state index contributed by atoms with van der Waals surface area (Å²) in [7, 11) is 8.45. The lowest BCUT2D eigenvalue weighted by Gasteiger charge is -2.19. The van der Waals surface area contributed by atoms with E-state index in [1.165, 1.54) is 14.2 Å². The number of methoxy groups -OCH3 is 3. The van der Waals surface area contributed by atoms with Crippen LogP contribution < -0.4 is 21.3 Å². The van der Waals surface area contributed by atoms with Crippen molar-refractivity contribution in [3.05, 3.63) is 84.3 Å². The van der Waals surface area contributed by atoms with Gasteiger partial charge in [0, 0.05) is 88.8 Å². The highest BCUT2D eigenvalue weighted by molar-refractivity contribution is 6.03. The van der Waals surface area contributed by atoms with Gasteiger partial charge in [-0.1, -0.05) is 26.0 Å². The van der Waals surface area contributed by atoms with Crippen molar-refractivity contribution in [2.45, 2.75) is 60.3 Å². The minimum absolute atomic E-state index is 0.106. The normalized spacial score (nSPS) is 16.1. The van der Waals surface area contributed by atoms with Crippen LogP contribution in [0.15, 0.2) is 17.5 Å². The fourth-order valence-corrected chi connectivity index (χ4v) is 8.01. The van der Waals surface area contributed by atoms with Crippen LogP contribution in [0, 0.1) is 32.6 Å². The standard InChI is InChI=1S/C46H64N6O8/c1-11-31-27(2)36-25-40-32(13-12-17-52(6)7)28(3)35(49-40)24-37-29(4)33(14-15-41(53)57-9)44(50-37)34(23-42(54)58-10)45-43(30(5)38(51-45)26-39(31)48-36)46(55)47-16-18-59-21-22-60-20-19-56-8/h12-13,24-26,29,33,48-51H,11,14-23H2,1-10H3,(H,47,55). The number of hydrogen-bond donors (Lipinski definition) is 5. The predicted molar refractivity (Wildman–Crippen MR) is 234 cm³/mol. The highest BCUT2D eigenvalue weighted by atomic mass is 16.5. The molecule has 5 heterocycles. The molecule has 3 aromatic heterocycles. The predicted octanol–water partition coefficient (Wildman–Crippen LogP) is 4.24. The number of allylic oxidation sites excluding steroid dienone is 2. The Balaban J connectivity index is 1.75. The average Bonchev–Trinajstić information content (AvgIpc) is 3.91. The number of nitrogens with zero attached hydrogens (tertiary/aromatic N) is 1. The summed E-state index contributed by atoms with van der Waals surface area (Å²) in [5, 5.41) is 8.65. The number of H-pyrrole nitrogens is 3. The van der Waals surface area contributed by atoms with E-state index in [1.54, 1.807) is 7.11 Å². The number of fused-ring (bicyclic) bond motifs is 8. The van der Waals surface area contributed by atoms with E-state index in [0.717, 1.165) is 74.4 Å². The van der Waals surface area contributed by atoms with Crippen molar-refractivity contribution in [3.63, 3.8) is 0 Å². The number of rotatable bonds is 19. The number of carbonyl (C=O) groups excluding carboxylic acids is 3. The second kappa shape index (κ2) is 21.4. The molecule has 8 bridgehead atoms. The molecular formula is C46H64N6O8. The summed E-state index contributed by atoms with van der Waals surface area (Å²) in [5.41, 5.74) is 10.9. The van der Waals surface area contributed by atoms with Crippen LogP contribution in [-0.4, -0.2) is 119 Å². The Labute approximate surface area is 353 Å². The number of likely N-dealkylation sites (N-methyl/N-ethyl adjacent to an activating group) is 1. The third-order valence-corrected chi connectivity index (χ3v) is 11.5. The Hall–Kier alpha value is -5.15. The smallest absolute Gasteiger partial charge is 0.310 e. The zero-order valence-corrected chi connectivity index (χ0v) is 37.0. The zero-order valence-electron chi connectivity index (χ0n) is 37.0. The molecule has 14 nitrogen and oxygen atoms in total. The van der Waals surface area contributed by atoms with Crippen molar-refractivity contribution >= 4 is 47.7 Å². The molecule has 0 radical (unpaired) electrons. The van der Waals surface area contributed by atoms with Gasteiger partial charge in [0.05, 0.1) is 64.9 Å². The zero-order chi connectivity index (χ0) is 43.5. The number of nitrogens with one attached hydrogen (secondary N) is 5. The lowest BCUT2D eigenvalue weighted by molar-refractivity contribution is -0.141. The highest BCUT2D eigenvalue weighted by Gasteiger charge is 2.37. The Morgan fingerprint density at radius 2 is 1.50 bits per heavy atom. The van der Waals surface area contributed by atoms with E-state index in [1.807, 2.05) is 27.1 Å². The van der Waals surface area contributed by atoms with Gasteiger partial charge < -0.3 is 54.2 Å². The first-order valence-electron chi connectivity index (χ1n) is 20.8. The number of aromatic nitrogens is 3. The number of aromatic amines is 3.